The van der Waals surface area contributed by atoms with E-state index in [-0.39, 0.29) is 18.3 Å². The van der Waals surface area contributed by atoms with Crippen LogP contribution in [-0.2, 0) is 11.3 Å². The van der Waals surface area contributed by atoms with Crippen molar-refractivity contribution in [3.8, 4) is 17.6 Å². The highest BCUT2D eigenvalue weighted by molar-refractivity contribution is 5.92. The monoisotopic (exact) mass is 357 g/mol. The quantitative estimate of drug-likeness (QED) is 0.820. The van der Waals surface area contributed by atoms with Crippen molar-refractivity contribution in [1.82, 2.24) is 4.90 Å². The number of nitriles is 1. The molecule has 1 aromatic carbocycles. The van der Waals surface area contributed by atoms with Crippen molar-refractivity contribution in [3.63, 3.8) is 0 Å². The number of ether oxygens (including phenoxy) is 2. The van der Waals surface area contributed by atoms with Crippen molar-refractivity contribution in [2.24, 2.45) is 0 Å². The van der Waals surface area contributed by atoms with Gasteiger partial charge in [-0.3, -0.25) is 15.0 Å². The first-order chi connectivity index (χ1) is 12.4. The number of hydrogen-bond donors (Lipinski definition) is 1. The predicted molar refractivity (Wildman–Crippen MR) is 97.4 cm³/mol. The Morgan fingerprint density at radius 2 is 1.96 bits per heavy atom. The van der Waals surface area contributed by atoms with Crippen LogP contribution >= 0.6 is 0 Å². The minimum atomic E-state index is -0.252. The maximum Gasteiger partial charge on any atom is 0.240 e. The van der Waals surface area contributed by atoms with Gasteiger partial charge in [0.2, 0.25) is 11.8 Å². The summed E-state index contributed by atoms with van der Waals surface area (Å²) in [6.07, 6.45) is 0. The van der Waals surface area contributed by atoms with Gasteiger partial charge in [-0.05, 0) is 38.6 Å². The van der Waals surface area contributed by atoms with Crippen molar-refractivity contribution in [3.05, 3.63) is 40.6 Å². The molecule has 1 N–H and O–H groups in total. The zero-order valence-corrected chi connectivity index (χ0v) is 15.7. The highest BCUT2D eigenvalue weighted by atomic mass is 16.5. The zero-order valence-electron chi connectivity index (χ0n) is 15.7. The Morgan fingerprint density at radius 1 is 1.27 bits per heavy atom. The second-order valence-electron chi connectivity index (χ2n) is 6.01. The third-order valence-corrected chi connectivity index (χ3v) is 4.06. The number of nitrogens with zero attached hydrogens (tertiary/aromatic N) is 2. The molecule has 7 nitrogen and oxygen atoms in total. The van der Waals surface area contributed by atoms with E-state index >= 15 is 0 Å². The van der Waals surface area contributed by atoms with E-state index in [4.69, 9.17) is 13.9 Å². The van der Waals surface area contributed by atoms with Crippen LogP contribution < -0.4 is 14.8 Å². The molecule has 0 saturated heterocycles. The molecule has 0 spiro atoms. The van der Waals surface area contributed by atoms with Gasteiger partial charge in [-0.15, -0.1) is 0 Å². The average Bonchev–Trinajstić information content (AvgIpc) is 2.87. The molecule has 7 heteroatoms. The van der Waals surface area contributed by atoms with Gasteiger partial charge < -0.3 is 13.9 Å². The highest BCUT2D eigenvalue weighted by Gasteiger charge is 2.17. The van der Waals surface area contributed by atoms with Crippen LogP contribution in [0.1, 0.15) is 22.5 Å². The molecule has 2 aromatic rings. The van der Waals surface area contributed by atoms with Gasteiger partial charge in [0, 0.05) is 12.1 Å². The molecule has 1 amide bonds. The Morgan fingerprint density at radius 3 is 2.58 bits per heavy atom. The third-order valence-electron chi connectivity index (χ3n) is 4.06. The Labute approximate surface area is 153 Å². The minimum Gasteiger partial charge on any atom is -0.493 e. The summed E-state index contributed by atoms with van der Waals surface area (Å²) in [5.41, 5.74) is 2.08. The fraction of sp³-hybridized carbons (Fsp3) is 0.368. The zero-order chi connectivity index (χ0) is 19.3. The molecule has 2 rings (SSSR count). The Balaban J connectivity index is 2.00. The van der Waals surface area contributed by atoms with Crippen molar-refractivity contribution >= 4 is 11.8 Å². The topological polar surface area (TPSA) is 87.7 Å². The minimum absolute atomic E-state index is 0.151. The maximum atomic E-state index is 12.3. The second kappa shape index (κ2) is 8.41. The van der Waals surface area contributed by atoms with Gasteiger partial charge in [0.1, 0.15) is 17.4 Å². The largest absolute Gasteiger partial charge is 0.493 e. The standard InChI is InChI=1S/C19H23N3O4/c1-12-13(2)26-19(15(12)9-20)21-18(23)11-22(3)10-14-6-7-16(24-4)17(8-14)25-5/h6-8H,10-11H2,1-5H3,(H,21,23). The number of furan rings is 1. The van der Waals surface area contributed by atoms with Crippen LogP contribution in [0.25, 0.3) is 0 Å². The summed E-state index contributed by atoms with van der Waals surface area (Å²) in [5, 5.41) is 11.9. The van der Waals surface area contributed by atoms with Gasteiger partial charge in [-0.1, -0.05) is 6.07 Å². The number of nitrogens with one attached hydrogen (secondary N) is 1. The summed E-state index contributed by atoms with van der Waals surface area (Å²) in [5.74, 6) is 1.87. The predicted octanol–water partition coefficient (Wildman–Crippen LogP) is 2.86. The molecule has 1 aromatic heterocycles. The lowest BCUT2D eigenvalue weighted by atomic mass is 10.2. The number of likely N-dealkylation sites (N-methyl/N-ethyl adjacent to an activating group) is 1. The van der Waals surface area contributed by atoms with Gasteiger partial charge in [0.05, 0.1) is 20.8 Å². The van der Waals surface area contributed by atoms with Crippen LogP contribution in [0.15, 0.2) is 22.6 Å². The molecule has 138 valence electrons. The molecule has 0 bridgehead atoms. The van der Waals surface area contributed by atoms with Gasteiger partial charge in [-0.2, -0.15) is 5.26 Å². The SMILES string of the molecule is COc1ccc(CN(C)CC(=O)Nc2oc(C)c(C)c2C#N)cc1OC. The molecule has 0 unspecified atom stereocenters. The van der Waals surface area contributed by atoms with Crippen molar-refractivity contribution in [1.29, 1.82) is 5.26 Å². The maximum absolute atomic E-state index is 12.3. The van der Waals surface area contributed by atoms with E-state index in [0.29, 0.717) is 29.4 Å². The molecule has 26 heavy (non-hydrogen) atoms. The molecule has 0 aliphatic carbocycles. The summed E-state index contributed by atoms with van der Waals surface area (Å²) in [6, 6.07) is 7.68. The molecular formula is C19H23N3O4. The summed E-state index contributed by atoms with van der Waals surface area (Å²) >= 11 is 0. The Kier molecular flexibility index (Phi) is 6.26. The second-order valence-corrected chi connectivity index (χ2v) is 6.01. The number of methoxy groups -OCH3 is 2. The van der Waals surface area contributed by atoms with E-state index in [2.05, 4.69) is 11.4 Å². The number of rotatable bonds is 7. The summed E-state index contributed by atoms with van der Waals surface area (Å²) in [7, 11) is 5.00. The Hall–Kier alpha value is -2.98. The van der Waals surface area contributed by atoms with Crippen molar-refractivity contribution in [2.75, 3.05) is 33.1 Å². The molecule has 0 atom stereocenters. The fourth-order valence-electron chi connectivity index (χ4n) is 2.61. The first kappa shape index (κ1) is 19.3. The summed E-state index contributed by atoms with van der Waals surface area (Å²) in [6.45, 7) is 4.25. The lowest BCUT2D eigenvalue weighted by Gasteiger charge is -2.17. The summed E-state index contributed by atoms with van der Waals surface area (Å²) in [4.78, 5) is 14.1. The van der Waals surface area contributed by atoms with E-state index in [1.807, 2.05) is 30.1 Å². The number of aryl methyl sites for hydroxylation is 1. The van der Waals surface area contributed by atoms with Crippen LogP contribution in [0.4, 0.5) is 5.88 Å². The van der Waals surface area contributed by atoms with Gasteiger partial charge >= 0.3 is 0 Å². The lowest BCUT2D eigenvalue weighted by molar-refractivity contribution is -0.117. The number of hydrogen-bond acceptors (Lipinski definition) is 6. The van der Waals surface area contributed by atoms with Crippen LogP contribution in [0.2, 0.25) is 0 Å². The van der Waals surface area contributed by atoms with E-state index in [1.165, 1.54) is 0 Å². The van der Waals surface area contributed by atoms with Crippen LogP contribution in [0, 0.1) is 25.2 Å². The van der Waals surface area contributed by atoms with E-state index < -0.39 is 0 Å². The summed E-state index contributed by atoms with van der Waals surface area (Å²) < 4.78 is 16.0. The molecule has 0 aliphatic heterocycles. The molecule has 0 fully saturated rings. The molecule has 1 heterocycles. The third kappa shape index (κ3) is 4.35. The number of carbonyl (C=O) groups is 1. The van der Waals surface area contributed by atoms with Crippen LogP contribution in [0.3, 0.4) is 0 Å². The van der Waals surface area contributed by atoms with Crippen molar-refractivity contribution in [2.45, 2.75) is 20.4 Å². The van der Waals surface area contributed by atoms with Gasteiger partial charge in [0.25, 0.3) is 0 Å². The fourth-order valence-corrected chi connectivity index (χ4v) is 2.61. The van der Waals surface area contributed by atoms with Crippen LogP contribution in [0.5, 0.6) is 11.5 Å². The Bertz CT molecular complexity index is 836. The first-order valence-electron chi connectivity index (χ1n) is 8.09. The first-order valence-corrected chi connectivity index (χ1v) is 8.09. The number of amides is 1. The van der Waals surface area contributed by atoms with Crippen molar-refractivity contribution < 1.29 is 18.7 Å². The average molecular weight is 357 g/mol. The molecular weight excluding hydrogens is 334 g/mol. The molecule has 0 radical (unpaired) electrons. The number of benzene rings is 1. The smallest absolute Gasteiger partial charge is 0.240 e. The molecule has 0 aliphatic rings. The van der Waals surface area contributed by atoms with E-state index in [0.717, 1.165) is 11.1 Å². The van der Waals surface area contributed by atoms with Crippen LogP contribution in [-0.4, -0.2) is 38.6 Å². The number of carbonyl (C=O) groups excluding carboxylic acids is 1. The number of anilines is 1. The lowest BCUT2D eigenvalue weighted by Crippen LogP contribution is -2.29. The molecule has 0 saturated carbocycles. The van der Waals surface area contributed by atoms with Gasteiger partial charge in [0.15, 0.2) is 11.5 Å². The normalized spacial score (nSPS) is 10.5. The van der Waals surface area contributed by atoms with E-state index in [1.54, 1.807) is 28.1 Å². The van der Waals surface area contributed by atoms with E-state index in [9.17, 15) is 10.1 Å². The van der Waals surface area contributed by atoms with Gasteiger partial charge in [-0.25, -0.2) is 0 Å². The highest BCUT2D eigenvalue weighted by Crippen LogP contribution is 2.28.